The fourth-order valence-electron chi connectivity index (χ4n) is 0.990. The van der Waals surface area contributed by atoms with E-state index in [9.17, 15) is 0 Å². The van der Waals surface area contributed by atoms with E-state index in [0.29, 0.717) is 5.15 Å². The van der Waals surface area contributed by atoms with Gasteiger partial charge in [0.05, 0.1) is 9.26 Å². The Bertz CT molecular complexity index is 437. The number of nitrogens with zero attached hydrogens (tertiary/aromatic N) is 3. The Labute approximate surface area is 87.9 Å². The molecule has 0 saturated heterocycles. The summed E-state index contributed by atoms with van der Waals surface area (Å²) in [5.41, 5.74) is 1.80. The fraction of sp³-hybridized carbons (Fsp3) is 0.143. The van der Waals surface area contributed by atoms with E-state index in [2.05, 4.69) is 32.7 Å². The Hall–Kier alpha value is -0.360. The van der Waals surface area contributed by atoms with Gasteiger partial charge in [-0.3, -0.25) is 0 Å². The minimum Gasteiger partial charge on any atom is -0.221 e. The topological polar surface area (TPSA) is 30.2 Å². The second-order valence-electron chi connectivity index (χ2n) is 2.42. The second kappa shape index (κ2) is 2.85. The van der Waals surface area contributed by atoms with Gasteiger partial charge in [0.25, 0.3) is 0 Å². The standard InChI is InChI=1S/C7H5ClIN3/c1-4-6(9)7-10-5(8)2-3-12(7)11-4/h2-3H,1H3. The smallest absolute Gasteiger partial charge is 0.170 e. The van der Waals surface area contributed by atoms with Gasteiger partial charge in [0.15, 0.2) is 5.65 Å². The first kappa shape index (κ1) is 8.25. The van der Waals surface area contributed by atoms with Gasteiger partial charge in [-0.15, -0.1) is 0 Å². The van der Waals surface area contributed by atoms with E-state index in [-0.39, 0.29) is 0 Å². The first-order valence-corrected chi connectivity index (χ1v) is 4.81. The molecule has 62 valence electrons. The number of hydrogen-bond donors (Lipinski definition) is 0. The maximum Gasteiger partial charge on any atom is 0.170 e. The molecule has 0 atom stereocenters. The molecule has 0 saturated carbocycles. The van der Waals surface area contributed by atoms with Crippen LogP contribution in [0.15, 0.2) is 12.3 Å². The van der Waals surface area contributed by atoms with Crippen molar-refractivity contribution in [3.63, 3.8) is 0 Å². The van der Waals surface area contributed by atoms with Crippen molar-refractivity contribution in [1.29, 1.82) is 0 Å². The lowest BCUT2D eigenvalue weighted by atomic mass is 10.5. The Morgan fingerprint density at radius 2 is 2.33 bits per heavy atom. The van der Waals surface area contributed by atoms with Crippen LogP contribution in [0, 0.1) is 10.5 Å². The van der Waals surface area contributed by atoms with Crippen LogP contribution in [-0.4, -0.2) is 14.6 Å². The molecule has 0 fully saturated rings. The zero-order valence-electron chi connectivity index (χ0n) is 6.25. The van der Waals surface area contributed by atoms with Crippen LogP contribution < -0.4 is 0 Å². The first-order valence-electron chi connectivity index (χ1n) is 3.35. The zero-order chi connectivity index (χ0) is 8.72. The SMILES string of the molecule is Cc1nn2ccc(Cl)nc2c1I. The molecule has 0 aliphatic rings. The summed E-state index contributed by atoms with van der Waals surface area (Å²) < 4.78 is 2.78. The molecule has 0 spiro atoms. The third-order valence-corrected chi connectivity index (χ3v) is 3.03. The molecule has 12 heavy (non-hydrogen) atoms. The lowest BCUT2D eigenvalue weighted by Crippen LogP contribution is -1.88. The van der Waals surface area contributed by atoms with Crippen molar-refractivity contribution in [2.45, 2.75) is 6.92 Å². The monoisotopic (exact) mass is 293 g/mol. The summed E-state index contributed by atoms with van der Waals surface area (Å²) in [6.07, 6.45) is 1.81. The molecule has 0 bridgehead atoms. The average Bonchev–Trinajstić information content (AvgIpc) is 2.31. The second-order valence-corrected chi connectivity index (χ2v) is 3.88. The Morgan fingerprint density at radius 3 is 3.08 bits per heavy atom. The Balaban J connectivity index is 2.88. The van der Waals surface area contributed by atoms with Gasteiger partial charge >= 0.3 is 0 Å². The highest BCUT2D eigenvalue weighted by molar-refractivity contribution is 14.1. The quantitative estimate of drug-likeness (QED) is 0.551. The molecule has 0 N–H and O–H groups in total. The number of halogens is 2. The van der Waals surface area contributed by atoms with Crippen LogP contribution in [0.5, 0.6) is 0 Å². The van der Waals surface area contributed by atoms with Crippen molar-refractivity contribution < 1.29 is 0 Å². The van der Waals surface area contributed by atoms with Crippen molar-refractivity contribution in [2.75, 3.05) is 0 Å². The summed E-state index contributed by atoms with van der Waals surface area (Å²) in [5.74, 6) is 0. The molecule has 0 unspecified atom stereocenters. The van der Waals surface area contributed by atoms with Crippen molar-refractivity contribution in [3.8, 4) is 0 Å². The molecule has 0 aliphatic heterocycles. The Morgan fingerprint density at radius 1 is 1.58 bits per heavy atom. The molecule has 2 heterocycles. The van der Waals surface area contributed by atoms with Gasteiger partial charge in [0, 0.05) is 6.20 Å². The van der Waals surface area contributed by atoms with Crippen molar-refractivity contribution in [1.82, 2.24) is 14.6 Å². The predicted molar refractivity (Wildman–Crippen MR) is 55.5 cm³/mol. The maximum absolute atomic E-state index is 5.74. The molecule has 0 radical (unpaired) electrons. The van der Waals surface area contributed by atoms with Crippen LogP contribution in [0.3, 0.4) is 0 Å². The Kier molecular flexibility index (Phi) is 1.96. The van der Waals surface area contributed by atoms with E-state index < -0.39 is 0 Å². The highest BCUT2D eigenvalue weighted by atomic mass is 127. The van der Waals surface area contributed by atoms with Gasteiger partial charge in [-0.05, 0) is 35.6 Å². The summed E-state index contributed by atoms with van der Waals surface area (Å²) in [6, 6.07) is 1.72. The minimum absolute atomic E-state index is 0.500. The lowest BCUT2D eigenvalue weighted by Gasteiger charge is -1.91. The van der Waals surface area contributed by atoms with E-state index in [0.717, 1.165) is 14.9 Å². The summed E-state index contributed by atoms with van der Waals surface area (Å²) in [6.45, 7) is 1.95. The number of aryl methyl sites for hydroxylation is 1. The molecular weight excluding hydrogens is 288 g/mol. The third-order valence-electron chi connectivity index (χ3n) is 1.55. The molecule has 2 aromatic heterocycles. The van der Waals surface area contributed by atoms with Crippen LogP contribution in [0.1, 0.15) is 5.69 Å². The zero-order valence-corrected chi connectivity index (χ0v) is 9.17. The predicted octanol–water partition coefficient (Wildman–Crippen LogP) is 2.30. The van der Waals surface area contributed by atoms with Crippen molar-refractivity contribution >= 4 is 39.8 Å². The number of fused-ring (bicyclic) bond motifs is 1. The normalized spacial score (nSPS) is 10.9. The van der Waals surface area contributed by atoms with Gasteiger partial charge in [-0.25, -0.2) is 9.50 Å². The molecule has 2 rings (SSSR count). The molecule has 0 amide bonds. The summed E-state index contributed by atoms with van der Waals surface area (Å²) in [7, 11) is 0. The van der Waals surface area contributed by atoms with E-state index in [1.54, 1.807) is 16.8 Å². The van der Waals surface area contributed by atoms with Crippen LogP contribution >= 0.6 is 34.2 Å². The van der Waals surface area contributed by atoms with Crippen molar-refractivity contribution in [2.24, 2.45) is 0 Å². The van der Waals surface area contributed by atoms with Crippen LogP contribution in [0.2, 0.25) is 5.15 Å². The van der Waals surface area contributed by atoms with Gasteiger partial charge in [0.2, 0.25) is 0 Å². The molecule has 0 aliphatic carbocycles. The van der Waals surface area contributed by atoms with Crippen LogP contribution in [0.4, 0.5) is 0 Å². The first-order chi connectivity index (χ1) is 5.68. The molecule has 2 aromatic rings. The molecule has 3 nitrogen and oxygen atoms in total. The fourth-order valence-corrected chi connectivity index (χ4v) is 1.60. The average molecular weight is 293 g/mol. The van der Waals surface area contributed by atoms with E-state index in [4.69, 9.17) is 11.6 Å². The number of aromatic nitrogens is 3. The van der Waals surface area contributed by atoms with Crippen LogP contribution in [-0.2, 0) is 0 Å². The van der Waals surface area contributed by atoms with Crippen molar-refractivity contribution in [3.05, 3.63) is 26.7 Å². The summed E-state index contributed by atoms with van der Waals surface area (Å²) >= 11 is 7.95. The van der Waals surface area contributed by atoms with Gasteiger partial charge in [0.1, 0.15) is 5.15 Å². The third kappa shape index (κ3) is 1.19. The highest BCUT2D eigenvalue weighted by Gasteiger charge is 2.06. The van der Waals surface area contributed by atoms with E-state index >= 15 is 0 Å². The maximum atomic E-state index is 5.74. The van der Waals surface area contributed by atoms with E-state index in [1.807, 2.05) is 6.92 Å². The summed E-state index contributed by atoms with van der Waals surface area (Å²) in [5, 5.41) is 4.74. The summed E-state index contributed by atoms with van der Waals surface area (Å²) in [4.78, 5) is 4.15. The van der Waals surface area contributed by atoms with Crippen LogP contribution in [0.25, 0.3) is 5.65 Å². The number of hydrogen-bond acceptors (Lipinski definition) is 2. The largest absolute Gasteiger partial charge is 0.221 e. The van der Waals surface area contributed by atoms with E-state index in [1.165, 1.54) is 0 Å². The minimum atomic E-state index is 0.500. The highest BCUT2D eigenvalue weighted by Crippen LogP contribution is 2.16. The van der Waals surface area contributed by atoms with Gasteiger partial charge in [-0.1, -0.05) is 11.6 Å². The van der Waals surface area contributed by atoms with Gasteiger partial charge in [-0.2, -0.15) is 5.10 Å². The lowest BCUT2D eigenvalue weighted by molar-refractivity contribution is 0.917. The number of rotatable bonds is 0. The molecule has 5 heteroatoms. The molecule has 0 aromatic carbocycles. The molecular formula is C7H5ClIN3. The van der Waals surface area contributed by atoms with Gasteiger partial charge < -0.3 is 0 Å².